The van der Waals surface area contributed by atoms with Gasteiger partial charge in [0.15, 0.2) is 0 Å². The van der Waals surface area contributed by atoms with Gasteiger partial charge < -0.3 is 47.6 Å². The van der Waals surface area contributed by atoms with Gasteiger partial charge >= 0.3 is 5.97 Å². The van der Waals surface area contributed by atoms with E-state index in [1.54, 1.807) is 24.5 Å². The minimum Gasteiger partial charge on any atom is -0.508 e. The highest BCUT2D eigenvalue weighted by Crippen LogP contribution is 2.21. The number of phenols is 1. The van der Waals surface area contributed by atoms with Crippen molar-refractivity contribution in [2.45, 2.75) is 62.7 Å². The van der Waals surface area contributed by atoms with E-state index >= 15 is 0 Å². The van der Waals surface area contributed by atoms with E-state index in [1.165, 1.54) is 12.1 Å². The second kappa shape index (κ2) is 16.6. The number of aliphatic carboxylic acids is 1. The van der Waals surface area contributed by atoms with Crippen LogP contribution in [0.1, 0.15) is 36.0 Å². The minimum absolute atomic E-state index is 0.000415. The summed E-state index contributed by atoms with van der Waals surface area (Å²) in [5.41, 5.74) is 15.5. The number of benzene rings is 3. The molecule has 13 heteroatoms. The molecule has 5 aromatic rings. The second-order valence-electron chi connectivity index (χ2n) is 12.4. The largest absolute Gasteiger partial charge is 0.508 e. The summed E-state index contributed by atoms with van der Waals surface area (Å²) in [6.45, 7) is 0.463. The lowest BCUT2D eigenvalue weighted by molar-refractivity contribution is -0.142. The van der Waals surface area contributed by atoms with Gasteiger partial charge in [0, 0.05) is 53.5 Å². The maximum Gasteiger partial charge on any atom is 0.326 e. The van der Waals surface area contributed by atoms with Gasteiger partial charge in [-0.1, -0.05) is 55.0 Å². The van der Waals surface area contributed by atoms with Crippen LogP contribution in [0, 0.1) is 0 Å². The summed E-state index contributed by atoms with van der Waals surface area (Å²) in [5.74, 6) is -3.10. The van der Waals surface area contributed by atoms with Gasteiger partial charge in [-0.15, -0.1) is 0 Å². The van der Waals surface area contributed by atoms with Crippen molar-refractivity contribution >= 4 is 45.5 Å². The van der Waals surface area contributed by atoms with Crippen molar-refractivity contribution in [3.05, 3.63) is 102 Å². The molecule has 0 saturated heterocycles. The molecule has 0 spiro atoms. The fraction of sp³-hybridized carbons (Fsp3) is 0.297. The van der Waals surface area contributed by atoms with Gasteiger partial charge in [0.25, 0.3) is 0 Å². The number of carbonyl (C=O) groups excluding carboxylic acids is 3. The number of carboxylic acid groups (broad SMARTS) is 1. The summed E-state index contributed by atoms with van der Waals surface area (Å²) in [5, 5.41) is 29.8. The van der Waals surface area contributed by atoms with Crippen LogP contribution in [-0.2, 0) is 38.4 Å². The molecule has 2 heterocycles. The molecule has 4 unspecified atom stereocenters. The Hall–Kier alpha value is -5.66. The van der Waals surface area contributed by atoms with Crippen molar-refractivity contribution in [1.82, 2.24) is 25.9 Å². The summed E-state index contributed by atoms with van der Waals surface area (Å²) >= 11 is 0. The number of carbonyl (C=O) groups is 4. The minimum atomic E-state index is -1.30. The molecule has 0 bridgehead atoms. The topological polar surface area (TPSA) is 228 Å². The van der Waals surface area contributed by atoms with Crippen molar-refractivity contribution in [1.29, 1.82) is 0 Å². The number of nitrogens with one attached hydrogen (secondary N) is 5. The fourth-order valence-electron chi connectivity index (χ4n) is 5.99. The molecular weight excluding hydrogens is 638 g/mol. The lowest BCUT2D eigenvalue weighted by atomic mass is 10.0. The third kappa shape index (κ3) is 9.07. The van der Waals surface area contributed by atoms with Crippen LogP contribution in [0.5, 0.6) is 5.75 Å². The number of aromatic hydroxyl groups is 1. The standard InChI is InChI=1S/C37H43N7O6/c38-16-6-5-9-28(39)34(46)42-31(17-22-12-14-25(45)15-13-22)35(47)43-32(18-23-20-40-29-10-3-1-7-26(23)29)36(48)44-33(37(49)50)19-24-21-41-30-11-4-2-8-27(24)30/h1-4,7-8,10-15,20-21,28,31-33,40-41,45H,5-6,9,16-19,38-39H2,(H,42,46)(H,43,47)(H,44,48)(H,49,50). The third-order valence-corrected chi connectivity index (χ3v) is 8.76. The molecule has 11 N–H and O–H groups in total. The normalized spacial score (nSPS) is 13.7. The average Bonchev–Trinajstić information content (AvgIpc) is 3.72. The predicted octanol–water partition coefficient (Wildman–Crippen LogP) is 2.38. The Morgan fingerprint density at radius 2 is 1.16 bits per heavy atom. The highest BCUT2D eigenvalue weighted by Gasteiger charge is 2.31. The molecule has 262 valence electrons. The van der Waals surface area contributed by atoms with Crippen molar-refractivity contribution in [2.24, 2.45) is 11.5 Å². The first-order valence-electron chi connectivity index (χ1n) is 16.6. The number of rotatable bonds is 17. The number of phenolic OH excluding ortho intramolecular Hbond substituents is 1. The lowest BCUT2D eigenvalue weighted by Crippen LogP contribution is -2.58. The molecule has 13 nitrogen and oxygen atoms in total. The number of amides is 3. The van der Waals surface area contributed by atoms with E-state index in [1.807, 2.05) is 48.5 Å². The van der Waals surface area contributed by atoms with Crippen molar-refractivity contribution in [2.75, 3.05) is 6.54 Å². The number of H-pyrrole nitrogens is 2. The first kappa shape index (κ1) is 35.6. The number of aromatic amines is 2. The number of fused-ring (bicyclic) bond motifs is 2. The van der Waals surface area contributed by atoms with Crippen LogP contribution in [0.2, 0.25) is 0 Å². The highest BCUT2D eigenvalue weighted by atomic mass is 16.4. The number of hydrogen-bond acceptors (Lipinski definition) is 7. The molecule has 0 aliphatic rings. The average molecular weight is 682 g/mol. The lowest BCUT2D eigenvalue weighted by Gasteiger charge is -2.25. The van der Waals surface area contributed by atoms with Crippen LogP contribution in [0.4, 0.5) is 0 Å². The Morgan fingerprint density at radius 1 is 0.660 bits per heavy atom. The monoisotopic (exact) mass is 681 g/mol. The summed E-state index contributed by atoms with van der Waals surface area (Å²) in [4.78, 5) is 59.9. The van der Waals surface area contributed by atoms with E-state index in [2.05, 4.69) is 25.9 Å². The van der Waals surface area contributed by atoms with Gasteiger partial charge in [0.05, 0.1) is 6.04 Å². The molecule has 50 heavy (non-hydrogen) atoms. The summed E-state index contributed by atoms with van der Waals surface area (Å²) in [6.07, 6.45) is 5.22. The molecule has 0 fully saturated rings. The van der Waals surface area contributed by atoms with E-state index in [4.69, 9.17) is 11.5 Å². The molecular formula is C37H43N7O6. The number of unbranched alkanes of at least 4 members (excludes halogenated alkanes) is 1. The van der Waals surface area contributed by atoms with E-state index in [0.29, 0.717) is 36.9 Å². The van der Waals surface area contributed by atoms with E-state index in [-0.39, 0.29) is 25.0 Å². The number of para-hydroxylation sites is 2. The number of nitrogens with two attached hydrogens (primary N) is 2. The molecule has 2 aromatic heterocycles. The number of carboxylic acids is 1. The van der Waals surface area contributed by atoms with Crippen LogP contribution in [0.15, 0.2) is 85.2 Å². The third-order valence-electron chi connectivity index (χ3n) is 8.76. The van der Waals surface area contributed by atoms with Crippen LogP contribution < -0.4 is 27.4 Å². The first-order chi connectivity index (χ1) is 24.1. The van der Waals surface area contributed by atoms with Crippen LogP contribution in [-0.4, -0.2) is 74.6 Å². The number of aromatic nitrogens is 2. The second-order valence-corrected chi connectivity index (χ2v) is 12.4. The van der Waals surface area contributed by atoms with Gasteiger partial charge in [0.2, 0.25) is 17.7 Å². The maximum absolute atomic E-state index is 14.0. The SMILES string of the molecule is NCCCCC(N)C(=O)NC(Cc1ccc(O)cc1)C(=O)NC(Cc1c[nH]c2ccccc12)C(=O)NC(Cc1c[nH]c2ccccc12)C(=O)O. The molecule has 0 aliphatic carbocycles. The molecule has 0 saturated carbocycles. The van der Waals surface area contributed by atoms with Crippen molar-refractivity contribution in [3.8, 4) is 5.75 Å². The predicted molar refractivity (Wildman–Crippen MR) is 190 cm³/mol. The van der Waals surface area contributed by atoms with Crippen molar-refractivity contribution < 1.29 is 29.4 Å². The molecule has 3 aromatic carbocycles. The summed E-state index contributed by atoms with van der Waals surface area (Å²) < 4.78 is 0. The van der Waals surface area contributed by atoms with E-state index < -0.39 is 47.9 Å². The van der Waals surface area contributed by atoms with Gasteiger partial charge in [-0.3, -0.25) is 14.4 Å². The molecule has 3 amide bonds. The Bertz CT molecular complexity index is 1940. The summed E-state index contributed by atoms with van der Waals surface area (Å²) in [6, 6.07) is 16.6. The maximum atomic E-state index is 14.0. The van der Waals surface area contributed by atoms with Crippen molar-refractivity contribution in [3.63, 3.8) is 0 Å². The fourth-order valence-corrected chi connectivity index (χ4v) is 5.99. The first-order valence-corrected chi connectivity index (χ1v) is 16.6. The van der Waals surface area contributed by atoms with Crippen LogP contribution in [0.3, 0.4) is 0 Å². The Labute approximate surface area is 288 Å². The van der Waals surface area contributed by atoms with Crippen LogP contribution >= 0.6 is 0 Å². The number of hydrogen-bond donors (Lipinski definition) is 9. The Kier molecular flexibility index (Phi) is 11.9. The van der Waals surface area contributed by atoms with E-state index in [9.17, 15) is 29.4 Å². The highest BCUT2D eigenvalue weighted by molar-refractivity contribution is 5.95. The summed E-state index contributed by atoms with van der Waals surface area (Å²) in [7, 11) is 0. The van der Waals surface area contributed by atoms with Gasteiger partial charge in [0.1, 0.15) is 23.9 Å². The van der Waals surface area contributed by atoms with Crippen LogP contribution in [0.25, 0.3) is 21.8 Å². The van der Waals surface area contributed by atoms with Gasteiger partial charge in [-0.25, -0.2) is 4.79 Å². The zero-order valence-electron chi connectivity index (χ0n) is 27.5. The van der Waals surface area contributed by atoms with Gasteiger partial charge in [-0.2, -0.15) is 0 Å². The van der Waals surface area contributed by atoms with Gasteiger partial charge in [-0.05, 0) is 60.3 Å². The molecule has 0 radical (unpaired) electrons. The quantitative estimate of drug-likeness (QED) is 0.0660. The Balaban J connectivity index is 1.40. The van der Waals surface area contributed by atoms with E-state index in [0.717, 1.165) is 27.4 Å². The molecule has 5 rings (SSSR count). The zero-order valence-corrected chi connectivity index (χ0v) is 27.5. The molecule has 0 aliphatic heterocycles. The Morgan fingerprint density at radius 3 is 1.72 bits per heavy atom. The smallest absolute Gasteiger partial charge is 0.326 e. The zero-order chi connectivity index (χ0) is 35.6. The molecule has 4 atom stereocenters.